The Morgan fingerprint density at radius 1 is 1.13 bits per heavy atom. The van der Waals surface area contributed by atoms with Crippen LogP contribution >= 0.6 is 11.8 Å². The molecule has 5 heteroatoms. The van der Waals surface area contributed by atoms with Crippen molar-refractivity contribution in [1.82, 2.24) is 4.90 Å². The number of amides is 1. The molecule has 2 aromatic carbocycles. The summed E-state index contributed by atoms with van der Waals surface area (Å²) in [6, 6.07) is 15.6. The van der Waals surface area contributed by atoms with Gasteiger partial charge in [-0.25, -0.2) is 4.39 Å². The molecule has 0 aromatic heterocycles. The molecule has 0 unspecified atom stereocenters. The molecule has 0 aliphatic heterocycles. The topological polar surface area (TPSA) is 44.1 Å². The first-order valence-electron chi connectivity index (χ1n) is 7.13. The highest BCUT2D eigenvalue weighted by Gasteiger charge is 2.09. The second kappa shape index (κ2) is 8.35. The Balaban J connectivity index is 1.77. The van der Waals surface area contributed by atoms with Crippen LogP contribution in [0.4, 0.5) is 4.39 Å². The monoisotopic (exact) mass is 328 g/mol. The van der Waals surface area contributed by atoms with Crippen LogP contribution in [0.25, 0.3) is 0 Å². The molecule has 0 radical (unpaired) electrons. The molecule has 23 heavy (non-hydrogen) atoms. The first kappa shape index (κ1) is 17.0. The number of hydrogen-bond acceptors (Lipinski definition) is 3. The van der Waals surface area contributed by atoms with Crippen molar-refractivity contribution in [3.8, 4) is 6.07 Å². The number of benzene rings is 2. The van der Waals surface area contributed by atoms with Crippen LogP contribution in [-0.2, 0) is 17.1 Å². The van der Waals surface area contributed by atoms with Crippen molar-refractivity contribution in [1.29, 1.82) is 5.26 Å². The Bertz CT molecular complexity index is 692. The Morgan fingerprint density at radius 2 is 1.74 bits per heavy atom. The molecule has 0 spiro atoms. The molecular weight excluding hydrogens is 311 g/mol. The molecule has 0 aliphatic carbocycles. The van der Waals surface area contributed by atoms with Crippen LogP contribution in [0.3, 0.4) is 0 Å². The van der Waals surface area contributed by atoms with E-state index in [1.807, 2.05) is 12.1 Å². The van der Waals surface area contributed by atoms with Crippen LogP contribution in [0, 0.1) is 17.1 Å². The predicted molar refractivity (Wildman–Crippen MR) is 90.2 cm³/mol. The predicted octanol–water partition coefficient (Wildman–Crippen LogP) is 3.59. The second-order valence-corrected chi connectivity index (χ2v) is 6.16. The fourth-order valence-electron chi connectivity index (χ4n) is 1.99. The van der Waals surface area contributed by atoms with Crippen LogP contribution < -0.4 is 0 Å². The molecule has 0 saturated carbocycles. The van der Waals surface area contributed by atoms with Crippen LogP contribution in [-0.4, -0.2) is 23.6 Å². The Kier molecular flexibility index (Phi) is 6.19. The molecule has 0 heterocycles. The molecule has 2 aromatic rings. The van der Waals surface area contributed by atoms with Crippen molar-refractivity contribution in [2.45, 2.75) is 12.3 Å². The van der Waals surface area contributed by atoms with Crippen LogP contribution in [0.1, 0.15) is 16.7 Å². The van der Waals surface area contributed by atoms with Crippen LogP contribution in [0.5, 0.6) is 0 Å². The summed E-state index contributed by atoms with van der Waals surface area (Å²) in [5.41, 5.74) is 2.62. The third-order valence-corrected chi connectivity index (χ3v) is 4.32. The van der Waals surface area contributed by atoms with Gasteiger partial charge in [-0.3, -0.25) is 4.79 Å². The van der Waals surface area contributed by atoms with Gasteiger partial charge in [0.25, 0.3) is 0 Å². The van der Waals surface area contributed by atoms with Crippen molar-refractivity contribution in [2.24, 2.45) is 0 Å². The van der Waals surface area contributed by atoms with E-state index < -0.39 is 0 Å². The average Bonchev–Trinajstić information content (AvgIpc) is 2.57. The number of hydrogen-bond donors (Lipinski definition) is 0. The smallest absolute Gasteiger partial charge is 0.232 e. The van der Waals surface area contributed by atoms with Crippen molar-refractivity contribution < 1.29 is 9.18 Å². The summed E-state index contributed by atoms with van der Waals surface area (Å²) in [7, 11) is 1.74. The number of thioether (sulfide) groups is 1. The van der Waals surface area contributed by atoms with Gasteiger partial charge in [-0.15, -0.1) is 11.8 Å². The lowest BCUT2D eigenvalue weighted by Crippen LogP contribution is -2.27. The third kappa shape index (κ3) is 5.42. The number of halogens is 1. The van der Waals surface area contributed by atoms with E-state index in [4.69, 9.17) is 5.26 Å². The highest BCUT2D eigenvalue weighted by molar-refractivity contribution is 7.99. The lowest BCUT2D eigenvalue weighted by atomic mass is 10.2. The zero-order chi connectivity index (χ0) is 16.7. The van der Waals surface area contributed by atoms with Gasteiger partial charge in [0.2, 0.25) is 5.91 Å². The third-order valence-electron chi connectivity index (χ3n) is 3.34. The van der Waals surface area contributed by atoms with Gasteiger partial charge in [0, 0.05) is 19.3 Å². The lowest BCUT2D eigenvalue weighted by Gasteiger charge is -2.17. The van der Waals surface area contributed by atoms with E-state index in [-0.39, 0.29) is 11.7 Å². The Morgan fingerprint density at radius 3 is 2.35 bits per heavy atom. The van der Waals surface area contributed by atoms with Crippen molar-refractivity contribution in [3.63, 3.8) is 0 Å². The quantitative estimate of drug-likeness (QED) is 0.814. The fraction of sp³-hybridized carbons (Fsp3) is 0.222. The number of nitriles is 1. The number of carbonyl (C=O) groups is 1. The second-order valence-electron chi connectivity index (χ2n) is 5.18. The van der Waals surface area contributed by atoms with Crippen molar-refractivity contribution in [2.75, 3.05) is 12.8 Å². The maximum atomic E-state index is 12.9. The van der Waals surface area contributed by atoms with E-state index in [9.17, 15) is 9.18 Å². The van der Waals surface area contributed by atoms with E-state index in [2.05, 4.69) is 6.07 Å². The van der Waals surface area contributed by atoms with Crippen LogP contribution in [0.15, 0.2) is 48.5 Å². The highest BCUT2D eigenvalue weighted by atomic mass is 32.2. The molecule has 3 nitrogen and oxygen atoms in total. The minimum absolute atomic E-state index is 0.0352. The lowest BCUT2D eigenvalue weighted by molar-refractivity contribution is -0.127. The maximum Gasteiger partial charge on any atom is 0.232 e. The molecule has 1 amide bonds. The summed E-state index contributed by atoms with van der Waals surface area (Å²) < 4.78 is 12.9. The normalized spacial score (nSPS) is 10.1. The zero-order valence-corrected chi connectivity index (χ0v) is 13.6. The molecule has 0 N–H and O–H groups in total. The first-order valence-corrected chi connectivity index (χ1v) is 8.29. The van der Waals surface area contributed by atoms with Gasteiger partial charge in [-0.05, 0) is 35.4 Å². The zero-order valence-electron chi connectivity index (χ0n) is 12.8. The van der Waals surface area contributed by atoms with Gasteiger partial charge >= 0.3 is 0 Å². The van der Waals surface area contributed by atoms with E-state index in [0.717, 1.165) is 16.9 Å². The van der Waals surface area contributed by atoms with Crippen LogP contribution in [0.2, 0.25) is 0 Å². The van der Waals surface area contributed by atoms with E-state index >= 15 is 0 Å². The van der Waals surface area contributed by atoms with Gasteiger partial charge in [-0.1, -0.05) is 24.3 Å². The summed E-state index contributed by atoms with van der Waals surface area (Å²) in [5.74, 6) is 0.869. The number of nitrogens with zero attached hydrogens (tertiary/aromatic N) is 2. The molecule has 118 valence electrons. The van der Waals surface area contributed by atoms with E-state index in [0.29, 0.717) is 17.9 Å². The summed E-state index contributed by atoms with van der Waals surface area (Å²) >= 11 is 1.54. The molecule has 0 atom stereocenters. The Labute approximate surface area is 139 Å². The van der Waals surface area contributed by atoms with Crippen molar-refractivity contribution >= 4 is 17.7 Å². The minimum Gasteiger partial charge on any atom is -0.341 e. The number of rotatable bonds is 6. The summed E-state index contributed by atoms with van der Waals surface area (Å²) in [5, 5.41) is 8.75. The fourth-order valence-corrected chi connectivity index (χ4v) is 2.92. The molecular formula is C18H17FN2OS. The molecule has 2 rings (SSSR count). The summed E-state index contributed by atoms with van der Waals surface area (Å²) in [6.07, 6.45) is 0. The van der Waals surface area contributed by atoms with E-state index in [1.165, 1.54) is 23.9 Å². The van der Waals surface area contributed by atoms with Gasteiger partial charge < -0.3 is 4.90 Å². The van der Waals surface area contributed by atoms with Gasteiger partial charge in [-0.2, -0.15) is 5.26 Å². The average molecular weight is 328 g/mol. The highest BCUT2D eigenvalue weighted by Crippen LogP contribution is 2.14. The SMILES string of the molecule is CN(Cc1ccc(F)cc1)C(=O)CSCc1ccc(C#N)cc1. The molecule has 0 bridgehead atoms. The molecule has 0 fully saturated rings. The standard InChI is InChI=1S/C18H17FN2OS/c1-21(11-15-6-8-17(19)9-7-15)18(22)13-23-12-16-4-2-14(10-20)3-5-16/h2-9H,11-13H2,1H3. The van der Waals surface area contributed by atoms with Gasteiger partial charge in [0.05, 0.1) is 17.4 Å². The molecule has 0 saturated heterocycles. The summed E-state index contributed by atoms with van der Waals surface area (Å²) in [4.78, 5) is 13.7. The number of carbonyl (C=O) groups excluding carboxylic acids is 1. The largest absolute Gasteiger partial charge is 0.341 e. The first-order chi connectivity index (χ1) is 11.1. The van der Waals surface area contributed by atoms with Gasteiger partial charge in [0.15, 0.2) is 0 Å². The van der Waals surface area contributed by atoms with E-state index in [1.54, 1.807) is 36.2 Å². The molecule has 0 aliphatic rings. The minimum atomic E-state index is -0.277. The maximum absolute atomic E-state index is 12.9. The van der Waals surface area contributed by atoms with Crippen molar-refractivity contribution in [3.05, 3.63) is 71.0 Å². The van der Waals surface area contributed by atoms with Gasteiger partial charge in [0.1, 0.15) is 5.82 Å². The summed E-state index contributed by atoms with van der Waals surface area (Å²) in [6.45, 7) is 0.469. The Hall–Kier alpha value is -2.32.